The molecule has 1 aliphatic rings. The summed E-state index contributed by atoms with van der Waals surface area (Å²) in [5.41, 5.74) is 7.35. The third-order valence-corrected chi connectivity index (χ3v) is 5.22. The summed E-state index contributed by atoms with van der Waals surface area (Å²) in [6.45, 7) is 2.16. The van der Waals surface area contributed by atoms with Crippen molar-refractivity contribution in [1.29, 1.82) is 0 Å². The Hall–Kier alpha value is -2.27. The molecular weight excluding hydrogens is 337 g/mol. The smallest absolute Gasteiger partial charge is 0.150 e. The van der Waals surface area contributed by atoms with Crippen LogP contribution in [-0.2, 0) is 0 Å². The summed E-state index contributed by atoms with van der Waals surface area (Å²) in [6.07, 6.45) is 3.17. The molecule has 0 unspecified atom stereocenters. The Balaban J connectivity index is 0.000000948. The Morgan fingerprint density at radius 3 is 2.27 bits per heavy atom. The number of fused-ring (bicyclic) bond motifs is 1. The van der Waals surface area contributed by atoms with Crippen LogP contribution in [0.15, 0.2) is 36.4 Å². The van der Waals surface area contributed by atoms with Crippen LogP contribution in [0.5, 0.6) is 0 Å². The first-order valence-electron chi connectivity index (χ1n) is 8.91. The van der Waals surface area contributed by atoms with Gasteiger partial charge in [-0.3, -0.25) is 0 Å². The van der Waals surface area contributed by atoms with Gasteiger partial charge in [0.05, 0.1) is 11.2 Å². The summed E-state index contributed by atoms with van der Waals surface area (Å²) in [5.74, 6) is -0.532. The SMILES string of the molecule is CCC1CC(c2c(-c3ccc(F)cc3)[nH]c3c(F)cc(F)cc23)C1.CN. The molecule has 3 N–H and O–H groups in total. The fourth-order valence-corrected chi connectivity index (χ4v) is 3.81. The van der Waals surface area contributed by atoms with Crippen molar-refractivity contribution in [3.05, 3.63) is 59.4 Å². The number of hydrogen-bond acceptors (Lipinski definition) is 1. The van der Waals surface area contributed by atoms with Crippen LogP contribution >= 0.6 is 0 Å². The Morgan fingerprint density at radius 1 is 1.00 bits per heavy atom. The van der Waals surface area contributed by atoms with Gasteiger partial charge < -0.3 is 10.7 Å². The van der Waals surface area contributed by atoms with Crippen molar-refractivity contribution in [3.63, 3.8) is 0 Å². The number of halogens is 3. The fourth-order valence-electron chi connectivity index (χ4n) is 3.81. The van der Waals surface area contributed by atoms with E-state index in [9.17, 15) is 13.2 Å². The van der Waals surface area contributed by atoms with Crippen LogP contribution in [0.1, 0.15) is 37.7 Å². The fraction of sp³-hybridized carbons (Fsp3) is 0.333. The van der Waals surface area contributed by atoms with Crippen LogP contribution in [0, 0.1) is 23.4 Å². The zero-order valence-electron chi connectivity index (χ0n) is 15.0. The average Bonchev–Trinajstić information content (AvgIpc) is 2.96. The van der Waals surface area contributed by atoms with Gasteiger partial charge in [-0.25, -0.2) is 13.2 Å². The van der Waals surface area contributed by atoms with E-state index in [0.29, 0.717) is 16.8 Å². The van der Waals surface area contributed by atoms with Crippen molar-refractivity contribution >= 4 is 10.9 Å². The number of nitrogens with two attached hydrogens (primary N) is 1. The molecule has 2 nitrogen and oxygen atoms in total. The van der Waals surface area contributed by atoms with Gasteiger partial charge in [0.2, 0.25) is 0 Å². The minimum atomic E-state index is -0.592. The molecule has 5 heteroatoms. The number of hydrogen-bond donors (Lipinski definition) is 2. The van der Waals surface area contributed by atoms with Crippen LogP contribution in [0.4, 0.5) is 13.2 Å². The summed E-state index contributed by atoms with van der Waals surface area (Å²) >= 11 is 0. The summed E-state index contributed by atoms with van der Waals surface area (Å²) in [7, 11) is 1.50. The number of rotatable bonds is 3. The number of aromatic nitrogens is 1. The maximum atomic E-state index is 14.2. The van der Waals surface area contributed by atoms with Gasteiger partial charge in [-0.2, -0.15) is 0 Å². The van der Waals surface area contributed by atoms with Crippen molar-refractivity contribution in [2.24, 2.45) is 11.7 Å². The molecule has 3 aromatic rings. The van der Waals surface area contributed by atoms with E-state index < -0.39 is 11.6 Å². The predicted octanol–water partition coefficient (Wildman–Crippen LogP) is 5.73. The molecule has 2 aromatic carbocycles. The zero-order chi connectivity index (χ0) is 18.8. The molecule has 0 aliphatic heterocycles. The molecule has 138 valence electrons. The van der Waals surface area contributed by atoms with Crippen LogP contribution in [0.25, 0.3) is 22.2 Å². The van der Waals surface area contributed by atoms with E-state index in [1.165, 1.54) is 25.2 Å². The lowest BCUT2D eigenvalue weighted by Gasteiger charge is -2.35. The highest BCUT2D eigenvalue weighted by atomic mass is 19.1. The Kier molecular flexibility index (Phi) is 5.37. The van der Waals surface area contributed by atoms with Gasteiger partial charge >= 0.3 is 0 Å². The standard InChI is InChI=1S/C20H18F3N.CH5N/c1-2-11-7-13(8-11)18-16-9-15(22)10-17(23)20(16)24-19(18)12-3-5-14(21)6-4-12;1-2/h3-6,9-11,13,24H,2,7-8H2,1H3;2H2,1H3. The highest BCUT2D eigenvalue weighted by Gasteiger charge is 2.33. The third-order valence-electron chi connectivity index (χ3n) is 5.22. The van der Waals surface area contributed by atoms with E-state index in [4.69, 9.17) is 0 Å². The molecule has 1 heterocycles. The van der Waals surface area contributed by atoms with Crippen LogP contribution in [0.3, 0.4) is 0 Å². The van der Waals surface area contributed by atoms with Crippen molar-refractivity contribution in [3.8, 4) is 11.3 Å². The largest absolute Gasteiger partial charge is 0.352 e. The highest BCUT2D eigenvalue weighted by molar-refractivity contribution is 5.92. The summed E-state index contributed by atoms with van der Waals surface area (Å²) in [5, 5.41) is 0.603. The molecule has 1 aliphatic carbocycles. The molecular formula is C21H23F3N2. The van der Waals surface area contributed by atoms with E-state index in [2.05, 4.69) is 17.6 Å². The minimum Gasteiger partial charge on any atom is -0.352 e. The lowest BCUT2D eigenvalue weighted by molar-refractivity contribution is 0.258. The van der Waals surface area contributed by atoms with Gasteiger partial charge in [0.15, 0.2) is 0 Å². The van der Waals surface area contributed by atoms with Gasteiger partial charge in [-0.1, -0.05) is 13.3 Å². The van der Waals surface area contributed by atoms with Crippen LogP contribution < -0.4 is 5.73 Å². The van der Waals surface area contributed by atoms with E-state index >= 15 is 0 Å². The molecule has 26 heavy (non-hydrogen) atoms. The Bertz CT molecular complexity index is 894. The molecule has 0 atom stereocenters. The number of nitrogens with one attached hydrogen (secondary N) is 1. The van der Waals surface area contributed by atoms with Gasteiger partial charge in [0.1, 0.15) is 17.5 Å². The summed E-state index contributed by atoms with van der Waals surface area (Å²) < 4.78 is 41.2. The van der Waals surface area contributed by atoms with Gasteiger partial charge in [0.25, 0.3) is 0 Å². The molecule has 0 saturated heterocycles. The molecule has 4 rings (SSSR count). The van der Waals surface area contributed by atoms with Gasteiger partial charge in [0, 0.05) is 11.5 Å². The predicted molar refractivity (Wildman–Crippen MR) is 99.5 cm³/mol. The first kappa shape index (κ1) is 18.5. The Labute approximate surface area is 151 Å². The van der Waals surface area contributed by atoms with Crippen molar-refractivity contribution in [2.45, 2.75) is 32.1 Å². The molecule has 1 aromatic heterocycles. The van der Waals surface area contributed by atoms with Crippen LogP contribution in [0.2, 0.25) is 0 Å². The molecule has 1 saturated carbocycles. The third kappa shape index (κ3) is 3.23. The van der Waals surface area contributed by atoms with E-state index in [1.807, 2.05) is 0 Å². The number of aromatic amines is 1. The second-order valence-electron chi connectivity index (χ2n) is 6.67. The molecule has 0 amide bonds. The second-order valence-corrected chi connectivity index (χ2v) is 6.67. The van der Waals surface area contributed by atoms with E-state index in [0.717, 1.165) is 42.1 Å². The Morgan fingerprint density at radius 2 is 1.65 bits per heavy atom. The normalized spacial score (nSPS) is 19.0. The maximum absolute atomic E-state index is 14.2. The van der Waals surface area contributed by atoms with Crippen LogP contribution in [-0.4, -0.2) is 12.0 Å². The molecule has 0 spiro atoms. The lowest BCUT2D eigenvalue weighted by atomic mass is 9.69. The summed E-state index contributed by atoms with van der Waals surface area (Å²) in [4.78, 5) is 3.11. The molecule has 0 radical (unpaired) electrons. The van der Waals surface area contributed by atoms with Gasteiger partial charge in [-0.05, 0) is 73.2 Å². The minimum absolute atomic E-state index is 0.282. The van der Waals surface area contributed by atoms with Gasteiger partial charge in [-0.15, -0.1) is 0 Å². The molecule has 1 fully saturated rings. The zero-order valence-corrected chi connectivity index (χ0v) is 15.0. The van der Waals surface area contributed by atoms with Crippen molar-refractivity contribution in [1.82, 2.24) is 4.98 Å². The van der Waals surface area contributed by atoms with Crippen molar-refractivity contribution < 1.29 is 13.2 Å². The second kappa shape index (κ2) is 7.54. The summed E-state index contributed by atoms with van der Waals surface area (Å²) in [6, 6.07) is 8.42. The first-order chi connectivity index (χ1) is 12.6. The monoisotopic (exact) mass is 360 g/mol. The topological polar surface area (TPSA) is 41.8 Å². The lowest BCUT2D eigenvalue weighted by Crippen LogP contribution is -2.21. The van der Waals surface area contributed by atoms with E-state index in [-0.39, 0.29) is 11.7 Å². The number of benzene rings is 2. The quantitative estimate of drug-likeness (QED) is 0.615. The number of H-pyrrole nitrogens is 1. The average molecular weight is 360 g/mol. The van der Waals surface area contributed by atoms with Crippen molar-refractivity contribution in [2.75, 3.05) is 7.05 Å². The maximum Gasteiger partial charge on any atom is 0.150 e. The van der Waals surface area contributed by atoms with E-state index in [1.54, 1.807) is 12.1 Å². The molecule has 0 bridgehead atoms. The first-order valence-corrected chi connectivity index (χ1v) is 8.91. The highest BCUT2D eigenvalue weighted by Crippen LogP contribution is 2.49.